The average molecular weight is 309 g/mol. The summed E-state index contributed by atoms with van der Waals surface area (Å²) in [5, 5.41) is 1.48. The van der Waals surface area contributed by atoms with Gasteiger partial charge in [-0.15, -0.1) is 6.42 Å². The van der Waals surface area contributed by atoms with Gasteiger partial charge in [0.25, 0.3) is 0 Å². The Kier molecular flexibility index (Phi) is 3.85. The van der Waals surface area contributed by atoms with Crippen LogP contribution in [0.15, 0.2) is 28.7 Å². The van der Waals surface area contributed by atoms with E-state index >= 15 is 0 Å². The van der Waals surface area contributed by atoms with E-state index in [9.17, 15) is 4.39 Å². The second-order valence-electron chi connectivity index (χ2n) is 3.62. The van der Waals surface area contributed by atoms with Crippen LogP contribution in [0.3, 0.4) is 0 Å². The molecular formula is C14H10BrFO2. The molecule has 2 nitrogen and oxygen atoms in total. The Morgan fingerprint density at radius 2 is 2.17 bits per heavy atom. The Balaban J connectivity index is 2.62. The van der Waals surface area contributed by atoms with Crippen molar-refractivity contribution in [3.8, 4) is 18.1 Å². The van der Waals surface area contributed by atoms with E-state index in [2.05, 4.69) is 21.9 Å². The zero-order valence-corrected chi connectivity index (χ0v) is 11.3. The van der Waals surface area contributed by atoms with Crippen LogP contribution >= 0.6 is 15.9 Å². The lowest BCUT2D eigenvalue weighted by Crippen LogP contribution is -1.99. The Morgan fingerprint density at radius 3 is 2.83 bits per heavy atom. The third-order valence-corrected chi connectivity index (χ3v) is 3.11. The van der Waals surface area contributed by atoms with Crippen LogP contribution in [0.2, 0.25) is 0 Å². The first-order valence-corrected chi connectivity index (χ1v) is 5.96. The number of rotatable bonds is 3. The number of fused-ring (bicyclic) bond motifs is 1. The highest BCUT2D eigenvalue weighted by atomic mass is 79.9. The Bertz CT molecular complexity index is 632. The topological polar surface area (TPSA) is 18.5 Å². The third kappa shape index (κ3) is 2.33. The van der Waals surface area contributed by atoms with Gasteiger partial charge >= 0.3 is 0 Å². The van der Waals surface area contributed by atoms with Gasteiger partial charge in [-0.2, -0.15) is 0 Å². The van der Waals surface area contributed by atoms with Crippen molar-refractivity contribution in [3.05, 3.63) is 40.1 Å². The molecule has 0 unspecified atom stereocenters. The van der Waals surface area contributed by atoms with Crippen LogP contribution in [0.5, 0.6) is 5.75 Å². The molecule has 92 valence electrons. The molecule has 0 atom stereocenters. The Labute approximate surface area is 113 Å². The largest absolute Gasteiger partial charge is 0.468 e. The minimum atomic E-state index is -0.406. The first-order valence-electron chi connectivity index (χ1n) is 5.17. The number of halogens is 2. The van der Waals surface area contributed by atoms with Crippen LogP contribution in [0.25, 0.3) is 10.8 Å². The van der Waals surface area contributed by atoms with Gasteiger partial charge in [0.05, 0.1) is 5.56 Å². The van der Waals surface area contributed by atoms with Crippen molar-refractivity contribution in [2.45, 2.75) is 0 Å². The predicted octanol–water partition coefficient (Wildman–Crippen LogP) is 3.71. The van der Waals surface area contributed by atoms with Gasteiger partial charge in [-0.1, -0.05) is 12.0 Å². The van der Waals surface area contributed by atoms with Crippen molar-refractivity contribution >= 4 is 26.7 Å². The molecule has 0 aliphatic rings. The summed E-state index contributed by atoms with van der Waals surface area (Å²) < 4.78 is 24.5. The maximum atomic E-state index is 13.6. The van der Waals surface area contributed by atoms with E-state index in [0.717, 1.165) is 5.39 Å². The van der Waals surface area contributed by atoms with Crippen molar-refractivity contribution in [3.63, 3.8) is 0 Å². The summed E-state index contributed by atoms with van der Waals surface area (Å²) in [7, 11) is 1.54. The van der Waals surface area contributed by atoms with Gasteiger partial charge in [-0.25, -0.2) is 4.39 Å². The van der Waals surface area contributed by atoms with Crippen molar-refractivity contribution in [2.75, 3.05) is 13.9 Å². The van der Waals surface area contributed by atoms with Gasteiger partial charge in [0.1, 0.15) is 11.6 Å². The lowest BCUT2D eigenvalue weighted by molar-refractivity contribution is 0.0512. The maximum Gasteiger partial charge on any atom is 0.188 e. The highest BCUT2D eigenvalue weighted by molar-refractivity contribution is 9.10. The number of benzene rings is 2. The minimum absolute atomic E-state index is 0.154. The summed E-state index contributed by atoms with van der Waals surface area (Å²) >= 11 is 3.38. The Morgan fingerprint density at radius 1 is 1.39 bits per heavy atom. The zero-order chi connectivity index (χ0) is 13.1. The van der Waals surface area contributed by atoms with Crippen LogP contribution in [0.4, 0.5) is 4.39 Å². The molecule has 18 heavy (non-hydrogen) atoms. The monoisotopic (exact) mass is 308 g/mol. The minimum Gasteiger partial charge on any atom is -0.468 e. The number of methoxy groups -OCH3 is 1. The smallest absolute Gasteiger partial charge is 0.188 e. The van der Waals surface area contributed by atoms with Gasteiger partial charge in [-0.3, -0.25) is 0 Å². The lowest BCUT2D eigenvalue weighted by Gasteiger charge is -2.09. The molecule has 2 aromatic rings. The van der Waals surface area contributed by atoms with Gasteiger partial charge in [-0.05, 0) is 39.5 Å². The highest BCUT2D eigenvalue weighted by Crippen LogP contribution is 2.32. The molecule has 0 bridgehead atoms. The predicted molar refractivity (Wildman–Crippen MR) is 72.0 cm³/mol. The fourth-order valence-corrected chi connectivity index (χ4v) is 2.37. The maximum absolute atomic E-state index is 13.6. The highest BCUT2D eigenvalue weighted by Gasteiger charge is 2.10. The lowest BCUT2D eigenvalue weighted by atomic mass is 10.0. The number of hydrogen-bond donors (Lipinski definition) is 0. The zero-order valence-electron chi connectivity index (χ0n) is 9.67. The molecule has 0 heterocycles. The summed E-state index contributed by atoms with van der Waals surface area (Å²) in [6, 6.07) is 6.54. The standard InChI is InChI=1S/C14H10BrFO2/c1-3-11-13(16)5-4-9-6-10(18-8-17-2)7-12(15)14(9)11/h1,4-7H,8H2,2H3. The molecule has 0 fully saturated rings. The van der Waals surface area contributed by atoms with Gasteiger partial charge in [0.2, 0.25) is 0 Å². The number of terminal acetylenes is 1. The second-order valence-corrected chi connectivity index (χ2v) is 4.48. The summed E-state index contributed by atoms with van der Waals surface area (Å²) in [5.41, 5.74) is 0.248. The SMILES string of the molecule is C#Cc1c(F)ccc2cc(OCOC)cc(Br)c12. The molecule has 0 N–H and O–H groups in total. The molecule has 2 rings (SSSR count). The van der Waals surface area contributed by atoms with Crippen molar-refractivity contribution in [1.29, 1.82) is 0 Å². The van der Waals surface area contributed by atoms with Crippen LogP contribution < -0.4 is 4.74 Å². The molecule has 4 heteroatoms. The number of ether oxygens (including phenoxy) is 2. The molecule has 0 saturated heterocycles. The summed E-state index contributed by atoms with van der Waals surface area (Å²) in [6.07, 6.45) is 5.34. The van der Waals surface area contributed by atoms with Gasteiger partial charge < -0.3 is 9.47 Å². The third-order valence-electron chi connectivity index (χ3n) is 2.48. The summed E-state index contributed by atoms with van der Waals surface area (Å²) in [4.78, 5) is 0. The van der Waals surface area contributed by atoms with E-state index in [1.165, 1.54) is 6.07 Å². The van der Waals surface area contributed by atoms with Crippen LogP contribution in [0, 0.1) is 18.2 Å². The van der Waals surface area contributed by atoms with Crippen LogP contribution in [0.1, 0.15) is 5.56 Å². The van der Waals surface area contributed by atoms with Crippen LogP contribution in [-0.4, -0.2) is 13.9 Å². The molecule has 0 radical (unpaired) electrons. The second kappa shape index (κ2) is 5.38. The molecule has 2 aromatic carbocycles. The van der Waals surface area contributed by atoms with Gasteiger partial charge in [0.15, 0.2) is 6.79 Å². The van der Waals surface area contributed by atoms with E-state index in [1.54, 1.807) is 25.3 Å². The molecule has 0 aliphatic carbocycles. The molecule has 0 aromatic heterocycles. The quantitative estimate of drug-likeness (QED) is 0.636. The van der Waals surface area contributed by atoms with E-state index in [-0.39, 0.29) is 12.4 Å². The van der Waals surface area contributed by atoms with Gasteiger partial charge in [0, 0.05) is 17.0 Å². The van der Waals surface area contributed by atoms with Crippen molar-refractivity contribution < 1.29 is 13.9 Å². The van der Waals surface area contributed by atoms with Crippen LogP contribution in [-0.2, 0) is 4.74 Å². The Hall–Kier alpha value is -1.57. The van der Waals surface area contributed by atoms with Crippen molar-refractivity contribution in [1.82, 2.24) is 0 Å². The molecule has 0 amide bonds. The molecular weight excluding hydrogens is 299 g/mol. The first-order chi connectivity index (χ1) is 8.67. The molecule has 0 aliphatic heterocycles. The molecule has 0 saturated carbocycles. The average Bonchev–Trinajstić information content (AvgIpc) is 2.37. The van der Waals surface area contributed by atoms with E-state index in [4.69, 9.17) is 15.9 Å². The number of hydrogen-bond acceptors (Lipinski definition) is 2. The summed E-state index contributed by atoms with van der Waals surface area (Å²) in [6.45, 7) is 0.154. The fourth-order valence-electron chi connectivity index (χ4n) is 1.71. The normalized spacial score (nSPS) is 10.3. The first kappa shape index (κ1) is 12.9. The van der Waals surface area contributed by atoms with E-state index < -0.39 is 5.82 Å². The van der Waals surface area contributed by atoms with E-state index in [1.807, 2.05) is 0 Å². The summed E-state index contributed by atoms with van der Waals surface area (Å²) in [5.74, 6) is 2.60. The molecule has 0 spiro atoms. The fraction of sp³-hybridized carbons (Fsp3) is 0.143. The van der Waals surface area contributed by atoms with E-state index in [0.29, 0.717) is 15.6 Å². The van der Waals surface area contributed by atoms with Crippen molar-refractivity contribution in [2.24, 2.45) is 0 Å².